The van der Waals surface area contributed by atoms with Crippen LogP contribution in [-0.4, -0.2) is 44.1 Å². The van der Waals surface area contributed by atoms with Gasteiger partial charge in [-0.15, -0.1) is 0 Å². The molecule has 2 rings (SSSR count). The van der Waals surface area contributed by atoms with Crippen molar-refractivity contribution in [3.8, 4) is 0 Å². The first-order chi connectivity index (χ1) is 10.9. The Bertz CT molecular complexity index is 725. The van der Waals surface area contributed by atoms with Crippen molar-refractivity contribution in [2.45, 2.75) is 46.6 Å². The molecule has 0 saturated carbocycles. The first-order valence-corrected chi connectivity index (χ1v) is 7.57. The van der Waals surface area contributed by atoms with Crippen molar-refractivity contribution in [2.75, 3.05) is 6.54 Å². The molecule has 2 aromatic rings. The van der Waals surface area contributed by atoms with E-state index in [2.05, 4.69) is 20.4 Å². The zero-order valence-electron chi connectivity index (χ0n) is 13.8. The van der Waals surface area contributed by atoms with Crippen molar-refractivity contribution < 1.29 is 14.3 Å². The monoisotopic (exact) mass is 319 g/mol. The Morgan fingerprint density at radius 3 is 2.83 bits per heavy atom. The Labute approximate surface area is 134 Å². The van der Waals surface area contributed by atoms with E-state index in [1.165, 1.54) is 6.33 Å². The summed E-state index contributed by atoms with van der Waals surface area (Å²) in [6.07, 6.45) is 1.45. The quantitative estimate of drug-likeness (QED) is 0.789. The van der Waals surface area contributed by atoms with Crippen LogP contribution in [0.25, 0.3) is 5.78 Å². The van der Waals surface area contributed by atoms with E-state index in [9.17, 15) is 9.59 Å². The van der Waals surface area contributed by atoms with Crippen molar-refractivity contribution in [1.82, 2.24) is 24.9 Å². The van der Waals surface area contributed by atoms with Crippen molar-refractivity contribution in [3.63, 3.8) is 0 Å². The minimum atomic E-state index is -0.822. The Morgan fingerprint density at radius 2 is 2.13 bits per heavy atom. The first kappa shape index (κ1) is 16.9. The van der Waals surface area contributed by atoms with E-state index in [4.69, 9.17) is 4.74 Å². The Balaban J connectivity index is 2.07. The number of carbonyl (C=O) groups is 2. The molecule has 1 N–H and O–H groups in total. The number of nitrogens with zero attached hydrogens (tertiary/aromatic N) is 4. The van der Waals surface area contributed by atoms with Gasteiger partial charge in [0.15, 0.2) is 6.10 Å². The van der Waals surface area contributed by atoms with Crippen LogP contribution in [0.5, 0.6) is 0 Å². The second kappa shape index (κ2) is 7.17. The lowest BCUT2D eigenvalue weighted by Gasteiger charge is -2.14. The maximum Gasteiger partial charge on any atom is 0.311 e. The van der Waals surface area contributed by atoms with E-state index in [0.29, 0.717) is 18.0 Å². The van der Waals surface area contributed by atoms with Gasteiger partial charge in [-0.1, -0.05) is 6.92 Å². The summed E-state index contributed by atoms with van der Waals surface area (Å²) in [5, 5.41) is 6.77. The van der Waals surface area contributed by atoms with Crippen LogP contribution >= 0.6 is 0 Å². The third-order valence-electron chi connectivity index (χ3n) is 3.54. The Kier molecular flexibility index (Phi) is 5.25. The number of hydrogen-bond acceptors (Lipinski definition) is 6. The molecular weight excluding hydrogens is 298 g/mol. The van der Waals surface area contributed by atoms with Gasteiger partial charge in [0.25, 0.3) is 11.7 Å². The van der Waals surface area contributed by atoms with E-state index < -0.39 is 12.1 Å². The largest absolute Gasteiger partial charge is 0.452 e. The third-order valence-corrected chi connectivity index (χ3v) is 3.54. The highest BCUT2D eigenvalue weighted by molar-refractivity contribution is 5.84. The highest BCUT2D eigenvalue weighted by Crippen LogP contribution is 2.14. The summed E-state index contributed by atoms with van der Waals surface area (Å²) in [5.41, 5.74) is 2.21. The molecule has 0 unspecified atom stereocenters. The molecule has 2 heterocycles. The molecule has 2 aromatic heterocycles. The molecular formula is C15H21N5O3. The molecule has 0 aliphatic carbocycles. The van der Waals surface area contributed by atoms with E-state index in [-0.39, 0.29) is 12.3 Å². The summed E-state index contributed by atoms with van der Waals surface area (Å²) in [4.78, 5) is 32.2. The van der Waals surface area contributed by atoms with Gasteiger partial charge in [-0.2, -0.15) is 10.1 Å². The maximum atomic E-state index is 12.1. The summed E-state index contributed by atoms with van der Waals surface area (Å²) < 4.78 is 6.77. The molecule has 0 bridgehead atoms. The molecule has 0 aliphatic rings. The summed E-state index contributed by atoms with van der Waals surface area (Å²) in [5.74, 6) is -0.278. The SMILES string of the molecule is CCCNC(=O)[C@@H](C)OC(=O)Cc1c(C)nc2ncnn2c1C. The Morgan fingerprint density at radius 1 is 1.39 bits per heavy atom. The number of nitrogens with one attached hydrogen (secondary N) is 1. The van der Waals surface area contributed by atoms with E-state index in [0.717, 1.165) is 17.7 Å². The number of fused-ring (bicyclic) bond motifs is 1. The van der Waals surface area contributed by atoms with Crippen LogP contribution in [0.15, 0.2) is 6.33 Å². The number of hydrogen-bond donors (Lipinski definition) is 1. The van der Waals surface area contributed by atoms with Gasteiger partial charge in [-0.25, -0.2) is 9.50 Å². The normalized spacial score (nSPS) is 12.2. The zero-order valence-corrected chi connectivity index (χ0v) is 13.8. The average molecular weight is 319 g/mol. The number of aryl methyl sites for hydroxylation is 2. The molecule has 0 aromatic carbocycles. The molecule has 0 saturated heterocycles. The smallest absolute Gasteiger partial charge is 0.311 e. The number of aromatic nitrogens is 4. The summed E-state index contributed by atoms with van der Waals surface area (Å²) in [6.45, 7) is 7.72. The van der Waals surface area contributed by atoms with Crippen LogP contribution in [0.2, 0.25) is 0 Å². The summed E-state index contributed by atoms with van der Waals surface area (Å²) in [7, 11) is 0. The van der Waals surface area contributed by atoms with Gasteiger partial charge in [0.05, 0.1) is 6.42 Å². The van der Waals surface area contributed by atoms with E-state index >= 15 is 0 Å². The topological polar surface area (TPSA) is 98.5 Å². The first-order valence-electron chi connectivity index (χ1n) is 7.57. The number of esters is 1. The molecule has 1 amide bonds. The molecule has 124 valence electrons. The molecule has 0 aliphatic heterocycles. The van der Waals surface area contributed by atoms with Crippen molar-refractivity contribution in [1.29, 1.82) is 0 Å². The number of ether oxygens (including phenoxy) is 1. The standard InChI is InChI=1S/C15H21N5O3/c1-5-6-16-14(22)11(4)23-13(21)7-12-9(2)19-15-17-8-18-20(15)10(12)3/h8,11H,5-7H2,1-4H3,(H,16,22)/t11-/m1/s1. The highest BCUT2D eigenvalue weighted by atomic mass is 16.5. The van der Waals surface area contributed by atoms with Gasteiger partial charge in [-0.05, 0) is 27.2 Å². The number of amides is 1. The van der Waals surface area contributed by atoms with Crippen LogP contribution in [0, 0.1) is 13.8 Å². The molecule has 8 nitrogen and oxygen atoms in total. The number of rotatable bonds is 6. The van der Waals surface area contributed by atoms with Crippen molar-refractivity contribution in [3.05, 3.63) is 23.3 Å². The van der Waals surface area contributed by atoms with Gasteiger partial charge < -0.3 is 10.1 Å². The van der Waals surface area contributed by atoms with E-state index in [1.54, 1.807) is 11.4 Å². The van der Waals surface area contributed by atoms with Gasteiger partial charge in [-0.3, -0.25) is 9.59 Å². The maximum absolute atomic E-state index is 12.1. The minimum absolute atomic E-state index is 0.0336. The molecule has 1 atom stereocenters. The fourth-order valence-electron chi connectivity index (χ4n) is 2.24. The summed E-state index contributed by atoms with van der Waals surface area (Å²) in [6, 6.07) is 0. The second-order valence-corrected chi connectivity index (χ2v) is 5.33. The average Bonchev–Trinajstić information content (AvgIpc) is 2.97. The number of carbonyl (C=O) groups excluding carboxylic acids is 2. The lowest BCUT2D eigenvalue weighted by Crippen LogP contribution is -2.36. The third kappa shape index (κ3) is 3.82. The van der Waals surface area contributed by atoms with Gasteiger partial charge in [0, 0.05) is 23.5 Å². The van der Waals surface area contributed by atoms with Crippen LogP contribution in [0.3, 0.4) is 0 Å². The van der Waals surface area contributed by atoms with Crippen molar-refractivity contribution in [2.24, 2.45) is 0 Å². The summed E-state index contributed by atoms with van der Waals surface area (Å²) >= 11 is 0. The fraction of sp³-hybridized carbons (Fsp3) is 0.533. The van der Waals surface area contributed by atoms with Gasteiger partial charge >= 0.3 is 5.97 Å². The van der Waals surface area contributed by atoms with Gasteiger partial charge in [0.2, 0.25) is 0 Å². The molecule has 23 heavy (non-hydrogen) atoms. The predicted molar refractivity (Wildman–Crippen MR) is 82.8 cm³/mol. The van der Waals surface area contributed by atoms with Crippen LogP contribution in [0.4, 0.5) is 0 Å². The van der Waals surface area contributed by atoms with Gasteiger partial charge in [0.1, 0.15) is 6.33 Å². The Hall–Kier alpha value is -2.51. The van der Waals surface area contributed by atoms with Crippen LogP contribution in [0.1, 0.15) is 37.2 Å². The lowest BCUT2D eigenvalue weighted by atomic mass is 10.1. The zero-order chi connectivity index (χ0) is 17.0. The second-order valence-electron chi connectivity index (χ2n) is 5.33. The predicted octanol–water partition coefficient (Wildman–Crippen LogP) is 0.742. The molecule has 0 fully saturated rings. The molecule has 0 radical (unpaired) electrons. The van der Waals surface area contributed by atoms with Crippen molar-refractivity contribution >= 4 is 17.7 Å². The highest BCUT2D eigenvalue weighted by Gasteiger charge is 2.20. The van der Waals surface area contributed by atoms with E-state index in [1.807, 2.05) is 20.8 Å². The molecule has 8 heteroatoms. The van der Waals surface area contributed by atoms with Crippen LogP contribution in [-0.2, 0) is 20.7 Å². The van der Waals surface area contributed by atoms with Crippen LogP contribution < -0.4 is 5.32 Å². The fourth-order valence-corrected chi connectivity index (χ4v) is 2.24. The lowest BCUT2D eigenvalue weighted by molar-refractivity contribution is -0.154. The molecule has 0 spiro atoms. The minimum Gasteiger partial charge on any atom is -0.452 e.